The first-order valence-corrected chi connectivity index (χ1v) is 15.6. The van der Waals surface area contributed by atoms with Gasteiger partial charge in [0.05, 0.1) is 11.5 Å². The number of hydrogen-bond donors (Lipinski definition) is 1. The molecule has 3 aliphatic carbocycles. The van der Waals surface area contributed by atoms with Crippen LogP contribution in [0.15, 0.2) is 34.1 Å². The lowest BCUT2D eigenvalue weighted by Crippen LogP contribution is -2.82. The van der Waals surface area contributed by atoms with E-state index in [9.17, 15) is 9.90 Å². The minimum absolute atomic E-state index is 0.00388. The zero-order chi connectivity index (χ0) is 26.4. The molecule has 2 aromatic rings. The molecule has 38 heavy (non-hydrogen) atoms. The van der Waals surface area contributed by atoms with E-state index in [2.05, 4.69) is 45.9 Å². The number of phenolic OH excluding ortho intramolecular Hbond substituents is 1. The quantitative estimate of drug-likeness (QED) is 0.481. The van der Waals surface area contributed by atoms with Gasteiger partial charge >= 0.3 is 0 Å². The molecule has 8 heteroatoms. The van der Waals surface area contributed by atoms with Gasteiger partial charge < -0.3 is 19.6 Å². The second-order valence-corrected chi connectivity index (χ2v) is 14.1. The van der Waals surface area contributed by atoms with Crippen LogP contribution in [-0.4, -0.2) is 83.7 Å². The molecule has 7 rings (SSSR count). The van der Waals surface area contributed by atoms with Crippen LogP contribution >= 0.6 is 27.3 Å². The second-order valence-electron chi connectivity index (χ2n) is 12.2. The highest BCUT2D eigenvalue weighted by molar-refractivity contribution is 9.10. The zero-order valence-electron chi connectivity index (χ0n) is 22.3. The van der Waals surface area contributed by atoms with E-state index < -0.39 is 0 Å². The first-order chi connectivity index (χ1) is 18.3. The van der Waals surface area contributed by atoms with E-state index in [-0.39, 0.29) is 34.8 Å². The van der Waals surface area contributed by atoms with Crippen molar-refractivity contribution in [3.63, 3.8) is 0 Å². The molecule has 2 bridgehead atoms. The van der Waals surface area contributed by atoms with E-state index >= 15 is 0 Å². The molecule has 1 spiro atoms. The summed E-state index contributed by atoms with van der Waals surface area (Å²) >= 11 is 5.11. The van der Waals surface area contributed by atoms with Gasteiger partial charge in [-0.2, -0.15) is 0 Å². The van der Waals surface area contributed by atoms with Crippen molar-refractivity contribution in [2.75, 3.05) is 34.2 Å². The van der Waals surface area contributed by atoms with Gasteiger partial charge in [0.2, 0.25) is 5.91 Å². The molecule has 1 amide bonds. The van der Waals surface area contributed by atoms with E-state index in [1.807, 2.05) is 35.5 Å². The predicted octanol–water partition coefficient (Wildman–Crippen LogP) is 4.89. The number of amides is 1. The van der Waals surface area contributed by atoms with Gasteiger partial charge in [-0.15, -0.1) is 11.3 Å². The highest BCUT2D eigenvalue weighted by Gasteiger charge is 2.74. The third-order valence-electron chi connectivity index (χ3n) is 10.4. The molecule has 2 saturated carbocycles. The summed E-state index contributed by atoms with van der Waals surface area (Å²) in [5.74, 6) is 1.73. The summed E-state index contributed by atoms with van der Waals surface area (Å²) in [6.07, 6.45) is 9.97. The lowest BCUT2D eigenvalue weighted by molar-refractivity contribution is -0.160. The van der Waals surface area contributed by atoms with Crippen LogP contribution in [0, 0.1) is 5.92 Å². The first-order valence-electron chi connectivity index (χ1n) is 13.9. The fourth-order valence-electron chi connectivity index (χ4n) is 8.62. The third kappa shape index (κ3) is 3.39. The Morgan fingerprint density at radius 1 is 1.26 bits per heavy atom. The molecule has 1 saturated heterocycles. The number of aromatic hydroxyl groups is 1. The van der Waals surface area contributed by atoms with Gasteiger partial charge in [0.25, 0.3) is 0 Å². The maximum atomic E-state index is 13.5. The molecule has 0 radical (unpaired) electrons. The summed E-state index contributed by atoms with van der Waals surface area (Å²) in [5.41, 5.74) is 2.18. The van der Waals surface area contributed by atoms with Crippen molar-refractivity contribution in [2.24, 2.45) is 5.92 Å². The smallest absolute Gasteiger partial charge is 0.246 e. The number of carbonyl (C=O) groups excluding carboxylic acids is 1. The minimum Gasteiger partial charge on any atom is -0.504 e. The Morgan fingerprint density at radius 3 is 2.79 bits per heavy atom. The number of piperidine rings is 1. The first kappa shape index (κ1) is 25.1. The predicted molar refractivity (Wildman–Crippen MR) is 154 cm³/mol. The largest absolute Gasteiger partial charge is 0.504 e. The van der Waals surface area contributed by atoms with E-state index in [4.69, 9.17) is 4.74 Å². The van der Waals surface area contributed by atoms with Gasteiger partial charge in [0, 0.05) is 51.5 Å². The summed E-state index contributed by atoms with van der Waals surface area (Å²) in [4.78, 5) is 21.7. The van der Waals surface area contributed by atoms with Crippen molar-refractivity contribution in [3.8, 4) is 11.5 Å². The van der Waals surface area contributed by atoms with Crippen molar-refractivity contribution in [1.82, 2.24) is 14.7 Å². The molecule has 1 aromatic carbocycles. The average molecular weight is 599 g/mol. The molecule has 1 aromatic heterocycles. The Balaban J connectivity index is 1.30. The van der Waals surface area contributed by atoms with Gasteiger partial charge in [0.1, 0.15) is 6.10 Å². The number of hydrogen-bond acceptors (Lipinski definition) is 6. The van der Waals surface area contributed by atoms with E-state index in [1.165, 1.54) is 30.5 Å². The fourth-order valence-corrected chi connectivity index (χ4v) is 9.96. The third-order valence-corrected chi connectivity index (χ3v) is 12.0. The highest BCUT2D eigenvalue weighted by Crippen LogP contribution is 2.67. The minimum atomic E-state index is -0.261. The number of thiophene rings is 1. The Morgan fingerprint density at radius 2 is 2.08 bits per heavy atom. The van der Waals surface area contributed by atoms with E-state index in [0.717, 1.165) is 47.5 Å². The monoisotopic (exact) mass is 597 g/mol. The van der Waals surface area contributed by atoms with Gasteiger partial charge in [-0.3, -0.25) is 9.69 Å². The van der Waals surface area contributed by atoms with Crippen LogP contribution < -0.4 is 4.74 Å². The van der Waals surface area contributed by atoms with E-state index in [0.29, 0.717) is 11.8 Å². The Bertz CT molecular complexity index is 1320. The lowest BCUT2D eigenvalue weighted by Gasteiger charge is -2.69. The van der Waals surface area contributed by atoms with Crippen molar-refractivity contribution in [3.05, 3.63) is 50.1 Å². The van der Waals surface area contributed by atoms with Gasteiger partial charge in [-0.25, -0.2) is 0 Å². The molecular formula is C30H36BrN3O3S. The average Bonchev–Trinajstić information content (AvgIpc) is 3.51. The standard InChI is InChI=1S/C30H36BrN3O3S/c1-32(2)30-11-10-22(33(3)25(36)9-7-21-15-20(31)17-38-21)28-29(30)12-13-34(16-18-4-5-18)24(30)14-19-6-8-23(35)27(37-28)26(19)29/h6-9,15,17-18,22,24,28,35H,4-5,10-14,16H2,1-3H3/b9-7+/t22-,24-,28+,29+,30-/m1/s1. The van der Waals surface area contributed by atoms with Crippen molar-refractivity contribution in [1.29, 1.82) is 0 Å². The second kappa shape index (κ2) is 8.82. The summed E-state index contributed by atoms with van der Waals surface area (Å²) < 4.78 is 7.88. The van der Waals surface area contributed by atoms with Gasteiger partial charge in [-0.05, 0) is 105 Å². The van der Waals surface area contributed by atoms with Crippen LogP contribution in [0.3, 0.4) is 0 Å². The van der Waals surface area contributed by atoms with E-state index in [1.54, 1.807) is 17.4 Å². The van der Waals surface area contributed by atoms with Crippen LogP contribution in [0.25, 0.3) is 6.08 Å². The molecule has 2 aliphatic heterocycles. The number of nitrogens with zero attached hydrogens (tertiary/aromatic N) is 3. The summed E-state index contributed by atoms with van der Waals surface area (Å²) in [7, 11) is 6.42. The lowest BCUT2D eigenvalue weighted by atomic mass is 9.46. The highest BCUT2D eigenvalue weighted by atomic mass is 79.9. The normalized spacial score (nSPS) is 33.4. The number of carbonyl (C=O) groups is 1. The summed E-state index contributed by atoms with van der Waals surface area (Å²) in [5, 5.41) is 13.0. The van der Waals surface area contributed by atoms with Crippen molar-refractivity contribution in [2.45, 2.75) is 67.7 Å². The molecule has 5 atom stereocenters. The Kier molecular flexibility index (Phi) is 5.83. The van der Waals surface area contributed by atoms with Crippen LogP contribution in [0.2, 0.25) is 0 Å². The summed E-state index contributed by atoms with van der Waals surface area (Å²) in [6, 6.07) is 6.31. The number of rotatable bonds is 6. The molecule has 3 fully saturated rings. The molecular weight excluding hydrogens is 562 g/mol. The molecule has 6 nitrogen and oxygen atoms in total. The molecule has 202 valence electrons. The molecule has 5 aliphatic rings. The van der Waals surface area contributed by atoms with Crippen LogP contribution in [0.5, 0.6) is 11.5 Å². The SMILES string of the molecule is CN(C(=O)/C=C/c1cc(Br)cs1)[C@@H]1CC[C@@]2(N(C)C)[C@H]3Cc4ccc(O)c5c4[C@@]2(CCN3CC2CC2)[C@H]1O5. The Hall–Kier alpha value is -1.87. The molecule has 3 heterocycles. The maximum absolute atomic E-state index is 13.5. The molecule has 1 N–H and O–H groups in total. The maximum Gasteiger partial charge on any atom is 0.246 e. The summed E-state index contributed by atoms with van der Waals surface area (Å²) in [6.45, 7) is 2.23. The number of halogens is 1. The van der Waals surface area contributed by atoms with Crippen LogP contribution in [0.1, 0.15) is 48.1 Å². The van der Waals surface area contributed by atoms with Crippen LogP contribution in [-0.2, 0) is 16.6 Å². The topological polar surface area (TPSA) is 56.2 Å². The van der Waals surface area contributed by atoms with Crippen molar-refractivity contribution >= 4 is 39.2 Å². The number of benzene rings is 1. The van der Waals surface area contributed by atoms with Gasteiger partial charge in [-0.1, -0.05) is 6.07 Å². The Labute approximate surface area is 237 Å². The number of ether oxygens (including phenoxy) is 1. The number of likely N-dealkylation sites (N-methyl/N-ethyl adjacent to an activating group) is 2. The van der Waals surface area contributed by atoms with Gasteiger partial charge in [0.15, 0.2) is 11.5 Å². The van der Waals surface area contributed by atoms with Crippen molar-refractivity contribution < 1.29 is 14.6 Å². The number of phenols is 1. The molecule has 0 unspecified atom stereocenters. The van der Waals surface area contributed by atoms with Crippen LogP contribution in [0.4, 0.5) is 0 Å². The number of likely N-dealkylation sites (tertiary alicyclic amines) is 1. The zero-order valence-corrected chi connectivity index (χ0v) is 24.7. The fraction of sp³-hybridized carbons (Fsp3) is 0.567.